The third-order valence-electron chi connectivity index (χ3n) is 5.26. The van der Waals surface area contributed by atoms with Gasteiger partial charge >= 0.3 is 0 Å². The molecule has 0 radical (unpaired) electrons. The number of carbonyl (C=O) groups excluding carboxylic acids is 2. The van der Waals surface area contributed by atoms with E-state index in [1.54, 1.807) is 24.3 Å². The fourth-order valence-corrected chi connectivity index (χ4v) is 3.83. The number of hydrogen-bond donors (Lipinski definition) is 2. The summed E-state index contributed by atoms with van der Waals surface area (Å²) in [4.78, 5) is 25.9. The van der Waals surface area contributed by atoms with E-state index in [1.165, 1.54) is 16.0 Å². The SMILES string of the molecule is O=C1c2ccccc2C(=O)N1CCC(O)CNC1Cc2ccccc2C1. The van der Waals surface area contributed by atoms with Crippen LogP contribution in [-0.2, 0) is 12.8 Å². The van der Waals surface area contributed by atoms with Crippen LogP contribution in [0.25, 0.3) is 0 Å². The van der Waals surface area contributed by atoms with Crippen LogP contribution in [0, 0.1) is 0 Å². The smallest absolute Gasteiger partial charge is 0.261 e. The van der Waals surface area contributed by atoms with Gasteiger partial charge in [-0.3, -0.25) is 14.5 Å². The van der Waals surface area contributed by atoms with Crippen molar-refractivity contribution in [3.8, 4) is 0 Å². The first kappa shape index (κ1) is 16.9. The molecule has 2 aromatic rings. The van der Waals surface area contributed by atoms with Gasteiger partial charge in [0.25, 0.3) is 11.8 Å². The van der Waals surface area contributed by atoms with Crippen LogP contribution in [-0.4, -0.2) is 47.1 Å². The minimum Gasteiger partial charge on any atom is -0.392 e. The van der Waals surface area contributed by atoms with Gasteiger partial charge in [-0.1, -0.05) is 36.4 Å². The maximum atomic E-state index is 12.3. The van der Waals surface area contributed by atoms with Gasteiger partial charge in [0.05, 0.1) is 17.2 Å². The third-order valence-corrected chi connectivity index (χ3v) is 5.26. The summed E-state index contributed by atoms with van der Waals surface area (Å²) >= 11 is 0. The van der Waals surface area contributed by atoms with Crippen LogP contribution in [0.1, 0.15) is 38.3 Å². The van der Waals surface area contributed by atoms with E-state index in [4.69, 9.17) is 0 Å². The van der Waals surface area contributed by atoms with Crippen LogP contribution < -0.4 is 5.32 Å². The molecule has 1 unspecified atom stereocenters. The number of amides is 2. The van der Waals surface area contributed by atoms with Crippen molar-refractivity contribution in [1.82, 2.24) is 10.2 Å². The molecule has 1 heterocycles. The molecule has 1 aliphatic heterocycles. The first-order valence-corrected chi connectivity index (χ1v) is 9.07. The summed E-state index contributed by atoms with van der Waals surface area (Å²) in [5, 5.41) is 13.7. The minimum atomic E-state index is -0.594. The molecule has 0 aromatic heterocycles. The summed E-state index contributed by atoms with van der Waals surface area (Å²) in [5.41, 5.74) is 3.64. The Morgan fingerprint density at radius 1 is 0.962 bits per heavy atom. The molecule has 5 heteroatoms. The van der Waals surface area contributed by atoms with Crippen molar-refractivity contribution in [3.05, 3.63) is 70.8 Å². The van der Waals surface area contributed by atoms with E-state index in [0.717, 1.165) is 12.8 Å². The number of aliphatic hydroxyl groups excluding tert-OH is 1. The summed E-state index contributed by atoms with van der Waals surface area (Å²) in [6, 6.07) is 15.6. The summed E-state index contributed by atoms with van der Waals surface area (Å²) in [6.45, 7) is 0.696. The zero-order valence-corrected chi connectivity index (χ0v) is 14.5. The Morgan fingerprint density at radius 3 is 2.08 bits per heavy atom. The highest BCUT2D eigenvalue weighted by atomic mass is 16.3. The second-order valence-electron chi connectivity index (χ2n) is 7.03. The predicted molar refractivity (Wildman–Crippen MR) is 98.1 cm³/mol. The van der Waals surface area contributed by atoms with Crippen LogP contribution in [0.3, 0.4) is 0 Å². The van der Waals surface area contributed by atoms with Crippen molar-refractivity contribution >= 4 is 11.8 Å². The van der Waals surface area contributed by atoms with Gasteiger partial charge in [-0.05, 0) is 42.5 Å². The van der Waals surface area contributed by atoms with Gasteiger partial charge in [0.15, 0.2) is 0 Å². The Morgan fingerprint density at radius 2 is 1.50 bits per heavy atom. The molecule has 0 bridgehead atoms. The monoisotopic (exact) mass is 350 g/mol. The number of aliphatic hydroxyl groups is 1. The molecule has 2 N–H and O–H groups in total. The Balaban J connectivity index is 1.26. The Kier molecular flexibility index (Phi) is 4.57. The van der Waals surface area contributed by atoms with Gasteiger partial charge < -0.3 is 10.4 Å². The number of nitrogens with zero attached hydrogens (tertiary/aromatic N) is 1. The van der Waals surface area contributed by atoms with Crippen LogP contribution >= 0.6 is 0 Å². The Bertz CT molecular complexity index is 789. The highest BCUT2D eigenvalue weighted by molar-refractivity contribution is 6.21. The lowest BCUT2D eigenvalue weighted by molar-refractivity contribution is 0.0621. The largest absolute Gasteiger partial charge is 0.392 e. The molecule has 1 aliphatic carbocycles. The van der Waals surface area contributed by atoms with Gasteiger partial charge in [-0.15, -0.1) is 0 Å². The molecule has 2 amide bonds. The molecule has 1 atom stereocenters. The highest BCUT2D eigenvalue weighted by Gasteiger charge is 2.35. The lowest BCUT2D eigenvalue weighted by atomic mass is 10.1. The molecule has 0 saturated heterocycles. The number of carbonyl (C=O) groups is 2. The molecular weight excluding hydrogens is 328 g/mol. The molecule has 0 spiro atoms. The van der Waals surface area contributed by atoms with E-state index in [0.29, 0.717) is 30.1 Å². The standard InChI is InChI=1S/C21H22N2O3/c24-17(13-22-16-11-14-5-1-2-6-15(14)12-16)9-10-23-20(25)18-7-3-4-8-19(18)21(23)26/h1-8,16-17,22,24H,9-13H2. The van der Waals surface area contributed by atoms with E-state index in [9.17, 15) is 14.7 Å². The van der Waals surface area contributed by atoms with Crippen molar-refractivity contribution in [1.29, 1.82) is 0 Å². The van der Waals surface area contributed by atoms with Gasteiger partial charge in [0.1, 0.15) is 0 Å². The second kappa shape index (κ2) is 7.02. The van der Waals surface area contributed by atoms with Crippen LogP contribution in [0.4, 0.5) is 0 Å². The zero-order valence-electron chi connectivity index (χ0n) is 14.5. The minimum absolute atomic E-state index is 0.236. The molecular formula is C21H22N2O3. The average Bonchev–Trinajstić information content (AvgIpc) is 3.18. The molecule has 2 aromatic carbocycles. The number of benzene rings is 2. The van der Waals surface area contributed by atoms with Crippen molar-refractivity contribution in [2.45, 2.75) is 31.4 Å². The van der Waals surface area contributed by atoms with Crippen molar-refractivity contribution < 1.29 is 14.7 Å². The zero-order chi connectivity index (χ0) is 18.1. The average molecular weight is 350 g/mol. The summed E-state index contributed by atoms with van der Waals surface area (Å²) in [6.07, 6.45) is 1.73. The molecule has 4 rings (SSSR count). The quantitative estimate of drug-likeness (QED) is 0.780. The predicted octanol–water partition coefficient (Wildman–Crippen LogP) is 1.79. The Hall–Kier alpha value is -2.50. The molecule has 134 valence electrons. The maximum Gasteiger partial charge on any atom is 0.261 e. The number of nitrogens with one attached hydrogen (secondary N) is 1. The summed E-state index contributed by atoms with van der Waals surface area (Å²) in [7, 11) is 0. The van der Waals surface area contributed by atoms with Gasteiger partial charge in [-0.25, -0.2) is 0 Å². The van der Waals surface area contributed by atoms with Crippen LogP contribution in [0.5, 0.6) is 0 Å². The molecule has 2 aliphatic rings. The topological polar surface area (TPSA) is 69.6 Å². The fourth-order valence-electron chi connectivity index (χ4n) is 3.83. The lowest BCUT2D eigenvalue weighted by Crippen LogP contribution is -2.38. The van der Waals surface area contributed by atoms with Gasteiger partial charge in [0, 0.05) is 19.1 Å². The van der Waals surface area contributed by atoms with Gasteiger partial charge in [0.2, 0.25) is 0 Å². The van der Waals surface area contributed by atoms with Crippen molar-refractivity contribution in [2.24, 2.45) is 0 Å². The van der Waals surface area contributed by atoms with Crippen molar-refractivity contribution in [2.75, 3.05) is 13.1 Å². The highest BCUT2D eigenvalue weighted by Crippen LogP contribution is 2.23. The molecule has 0 saturated carbocycles. The number of hydrogen-bond acceptors (Lipinski definition) is 4. The third kappa shape index (κ3) is 3.16. The summed E-state index contributed by atoms with van der Waals surface area (Å²) in [5.74, 6) is -0.533. The molecule has 5 nitrogen and oxygen atoms in total. The Labute approximate surface area is 152 Å². The van der Waals surface area contributed by atoms with E-state index in [2.05, 4.69) is 29.6 Å². The molecule has 26 heavy (non-hydrogen) atoms. The van der Waals surface area contributed by atoms with E-state index >= 15 is 0 Å². The van der Waals surface area contributed by atoms with Crippen molar-refractivity contribution in [3.63, 3.8) is 0 Å². The molecule has 0 fully saturated rings. The number of fused-ring (bicyclic) bond motifs is 2. The fraction of sp³-hybridized carbons (Fsp3) is 0.333. The summed E-state index contributed by atoms with van der Waals surface area (Å²) < 4.78 is 0. The van der Waals surface area contributed by atoms with Crippen LogP contribution in [0.15, 0.2) is 48.5 Å². The van der Waals surface area contributed by atoms with E-state index in [1.807, 2.05) is 0 Å². The first-order chi connectivity index (χ1) is 12.6. The lowest BCUT2D eigenvalue weighted by Gasteiger charge is -2.19. The second-order valence-corrected chi connectivity index (χ2v) is 7.03. The van der Waals surface area contributed by atoms with E-state index < -0.39 is 6.10 Å². The number of imide groups is 1. The van der Waals surface area contributed by atoms with Crippen LogP contribution in [0.2, 0.25) is 0 Å². The maximum absolute atomic E-state index is 12.3. The van der Waals surface area contributed by atoms with E-state index in [-0.39, 0.29) is 18.4 Å². The first-order valence-electron chi connectivity index (χ1n) is 9.07. The van der Waals surface area contributed by atoms with Gasteiger partial charge in [-0.2, -0.15) is 0 Å². The number of rotatable bonds is 6. The normalized spacial score (nSPS) is 17.5.